The van der Waals surface area contributed by atoms with Gasteiger partial charge in [-0.2, -0.15) is 0 Å². The van der Waals surface area contributed by atoms with Gasteiger partial charge >= 0.3 is 0 Å². The van der Waals surface area contributed by atoms with E-state index in [0.29, 0.717) is 19.8 Å². The zero-order chi connectivity index (χ0) is 21.6. The number of guanidine groups is 1. The lowest BCUT2D eigenvalue weighted by atomic mass is 9.84. The summed E-state index contributed by atoms with van der Waals surface area (Å²) in [5, 5.41) is 11.0. The van der Waals surface area contributed by atoms with Crippen LogP contribution in [0, 0.1) is 0 Å². The van der Waals surface area contributed by atoms with E-state index >= 15 is 0 Å². The van der Waals surface area contributed by atoms with Crippen LogP contribution in [0.4, 0.5) is 0 Å². The molecule has 0 bridgehead atoms. The van der Waals surface area contributed by atoms with E-state index in [-0.39, 0.29) is 5.41 Å². The zero-order valence-electron chi connectivity index (χ0n) is 18.8. The summed E-state index contributed by atoms with van der Waals surface area (Å²) in [5.41, 5.74) is 3.16. The van der Waals surface area contributed by atoms with E-state index in [0.717, 1.165) is 60.4 Å². The lowest BCUT2D eigenvalue weighted by Crippen LogP contribution is -2.43. The van der Waals surface area contributed by atoms with Crippen LogP contribution in [-0.2, 0) is 24.8 Å². The maximum Gasteiger partial charge on any atom is 0.191 e. The molecule has 7 heteroatoms. The number of aliphatic imine (C=N–C) groups is 1. The Bertz CT molecular complexity index is 852. The van der Waals surface area contributed by atoms with E-state index in [1.54, 1.807) is 0 Å². The van der Waals surface area contributed by atoms with Crippen LogP contribution in [-0.4, -0.2) is 37.4 Å². The summed E-state index contributed by atoms with van der Waals surface area (Å²) in [7, 11) is 0. The number of aryl methyl sites for hydroxylation is 2. The first kappa shape index (κ1) is 22.0. The Morgan fingerprint density at radius 2 is 1.83 bits per heavy atom. The van der Waals surface area contributed by atoms with Crippen molar-refractivity contribution in [1.82, 2.24) is 15.8 Å². The maximum absolute atomic E-state index is 5.75. The Hall–Kier alpha value is -2.70. The lowest BCUT2D eigenvalue weighted by molar-refractivity contribution is 0.171. The molecular weight excluding hydrogens is 380 g/mol. The molecule has 0 aliphatic carbocycles. The van der Waals surface area contributed by atoms with Crippen molar-refractivity contribution in [2.75, 3.05) is 26.3 Å². The van der Waals surface area contributed by atoms with Crippen LogP contribution < -0.4 is 20.1 Å². The molecule has 164 valence electrons. The minimum Gasteiger partial charge on any atom is -0.486 e. The fourth-order valence-corrected chi connectivity index (χ4v) is 3.49. The molecule has 0 radical (unpaired) electrons. The summed E-state index contributed by atoms with van der Waals surface area (Å²) >= 11 is 0. The molecule has 0 spiro atoms. The van der Waals surface area contributed by atoms with Gasteiger partial charge in [0, 0.05) is 30.5 Å². The van der Waals surface area contributed by atoms with Gasteiger partial charge in [-0.15, -0.1) is 0 Å². The molecule has 0 saturated heterocycles. The molecule has 0 atom stereocenters. The molecule has 1 aromatic carbocycles. The van der Waals surface area contributed by atoms with Crippen LogP contribution in [0.1, 0.15) is 57.2 Å². The smallest absolute Gasteiger partial charge is 0.191 e. The molecule has 1 aromatic heterocycles. The average Bonchev–Trinajstić information content (AvgIpc) is 3.17. The van der Waals surface area contributed by atoms with Gasteiger partial charge in [-0.1, -0.05) is 38.9 Å². The molecule has 0 amide bonds. The maximum atomic E-state index is 5.75. The minimum atomic E-state index is -0.119. The second-order valence-electron chi connectivity index (χ2n) is 8.03. The summed E-state index contributed by atoms with van der Waals surface area (Å²) in [5.74, 6) is 3.34. The topological polar surface area (TPSA) is 80.9 Å². The van der Waals surface area contributed by atoms with Gasteiger partial charge in [0.2, 0.25) is 0 Å². The van der Waals surface area contributed by atoms with Gasteiger partial charge in [0.25, 0.3) is 0 Å². The van der Waals surface area contributed by atoms with Crippen molar-refractivity contribution in [3.63, 3.8) is 0 Å². The molecule has 2 heterocycles. The van der Waals surface area contributed by atoms with Gasteiger partial charge in [-0.05, 0) is 31.0 Å². The Morgan fingerprint density at radius 1 is 1.07 bits per heavy atom. The van der Waals surface area contributed by atoms with Crippen LogP contribution in [0.15, 0.2) is 27.7 Å². The van der Waals surface area contributed by atoms with Gasteiger partial charge in [0.15, 0.2) is 17.5 Å². The molecule has 2 N–H and O–H groups in total. The number of hydrogen-bond donors (Lipinski definition) is 2. The fraction of sp³-hybridized carbons (Fsp3) is 0.565. The number of fused-ring (bicyclic) bond motifs is 1. The zero-order valence-corrected chi connectivity index (χ0v) is 18.8. The largest absolute Gasteiger partial charge is 0.486 e. The first-order valence-electron chi connectivity index (χ1n) is 10.9. The number of rotatable bonds is 8. The first-order valence-corrected chi connectivity index (χ1v) is 10.9. The molecule has 0 fully saturated rings. The van der Waals surface area contributed by atoms with E-state index in [2.05, 4.69) is 62.5 Å². The highest BCUT2D eigenvalue weighted by atomic mass is 16.6. The van der Waals surface area contributed by atoms with Gasteiger partial charge in [-0.3, -0.25) is 0 Å². The monoisotopic (exact) mass is 414 g/mol. The van der Waals surface area contributed by atoms with Crippen molar-refractivity contribution >= 4 is 5.96 Å². The summed E-state index contributed by atoms with van der Waals surface area (Å²) < 4.78 is 16.9. The minimum absolute atomic E-state index is 0.119. The third kappa shape index (κ3) is 5.07. The third-order valence-corrected chi connectivity index (χ3v) is 5.37. The summed E-state index contributed by atoms with van der Waals surface area (Å²) in [4.78, 5) is 4.79. The normalized spacial score (nSPS) is 14.0. The highest BCUT2D eigenvalue weighted by molar-refractivity contribution is 5.79. The second kappa shape index (κ2) is 9.87. The number of aromatic nitrogens is 1. The molecule has 0 saturated carbocycles. The highest BCUT2D eigenvalue weighted by Crippen LogP contribution is 2.34. The Balaban J connectivity index is 1.70. The van der Waals surface area contributed by atoms with Crippen LogP contribution in [0.3, 0.4) is 0 Å². The molecule has 2 aromatic rings. The Morgan fingerprint density at radius 3 is 2.53 bits per heavy atom. The van der Waals surface area contributed by atoms with E-state index in [1.165, 1.54) is 5.56 Å². The standard InChI is InChI=1S/C23H34N4O3/c1-6-18-17(19(7-2)30-27-18)14-25-22(24-8-3)26-15-23(4,5)16-9-10-20-21(13-16)29-12-11-28-20/h9-10,13H,6-8,11-12,14-15H2,1-5H3,(H2,24,25,26). The Labute approximate surface area is 179 Å². The first-order chi connectivity index (χ1) is 14.5. The lowest BCUT2D eigenvalue weighted by Gasteiger charge is -2.28. The predicted molar refractivity (Wildman–Crippen MR) is 119 cm³/mol. The van der Waals surface area contributed by atoms with E-state index in [9.17, 15) is 0 Å². The molecule has 0 unspecified atom stereocenters. The quantitative estimate of drug-likeness (QED) is 0.507. The van der Waals surface area contributed by atoms with Gasteiger partial charge < -0.3 is 24.6 Å². The van der Waals surface area contributed by atoms with E-state index in [4.69, 9.17) is 19.0 Å². The number of hydrogen-bond acceptors (Lipinski definition) is 5. The van der Waals surface area contributed by atoms with Gasteiger partial charge in [0.1, 0.15) is 19.0 Å². The molecule has 1 aliphatic heterocycles. The summed E-state index contributed by atoms with van der Waals surface area (Å²) in [6.45, 7) is 13.9. The SMILES string of the molecule is CCNC(=NCc1c(CC)noc1CC)NCC(C)(C)c1ccc2c(c1)OCCO2. The van der Waals surface area contributed by atoms with Crippen molar-refractivity contribution < 1.29 is 14.0 Å². The second-order valence-corrected chi connectivity index (χ2v) is 8.03. The molecule has 30 heavy (non-hydrogen) atoms. The van der Waals surface area contributed by atoms with E-state index < -0.39 is 0 Å². The number of nitrogens with one attached hydrogen (secondary N) is 2. The number of nitrogens with zero attached hydrogens (tertiary/aromatic N) is 2. The molecule has 3 rings (SSSR count). The number of benzene rings is 1. The van der Waals surface area contributed by atoms with Crippen molar-refractivity contribution in [1.29, 1.82) is 0 Å². The Kier molecular flexibility index (Phi) is 7.24. The highest BCUT2D eigenvalue weighted by Gasteiger charge is 2.24. The predicted octanol–water partition coefficient (Wildman–Crippen LogP) is 3.60. The molecule has 1 aliphatic rings. The van der Waals surface area contributed by atoms with Crippen LogP contribution in [0.5, 0.6) is 11.5 Å². The number of ether oxygens (including phenoxy) is 2. The van der Waals surface area contributed by atoms with Crippen molar-refractivity contribution in [2.24, 2.45) is 4.99 Å². The summed E-state index contributed by atoms with van der Waals surface area (Å²) in [6, 6.07) is 6.19. The van der Waals surface area contributed by atoms with Crippen molar-refractivity contribution in [3.05, 3.63) is 40.8 Å². The van der Waals surface area contributed by atoms with Crippen LogP contribution >= 0.6 is 0 Å². The van der Waals surface area contributed by atoms with E-state index in [1.807, 2.05) is 6.07 Å². The third-order valence-electron chi connectivity index (χ3n) is 5.37. The van der Waals surface area contributed by atoms with Crippen molar-refractivity contribution in [3.8, 4) is 11.5 Å². The molecule has 7 nitrogen and oxygen atoms in total. The summed E-state index contributed by atoms with van der Waals surface area (Å²) in [6.07, 6.45) is 1.66. The van der Waals surface area contributed by atoms with Gasteiger partial charge in [0.05, 0.1) is 12.2 Å². The van der Waals surface area contributed by atoms with Crippen LogP contribution in [0.25, 0.3) is 0 Å². The average molecular weight is 415 g/mol. The van der Waals surface area contributed by atoms with Gasteiger partial charge in [-0.25, -0.2) is 4.99 Å². The van der Waals surface area contributed by atoms with Crippen LogP contribution in [0.2, 0.25) is 0 Å². The van der Waals surface area contributed by atoms with Crippen molar-refractivity contribution in [2.45, 2.75) is 59.4 Å². The fourth-order valence-electron chi connectivity index (χ4n) is 3.49. The molecular formula is C23H34N4O3.